The number of ether oxygens (including phenoxy) is 2. The second-order valence-corrected chi connectivity index (χ2v) is 8.72. The number of morpholine rings is 1. The SMILES string of the molecule is Clc1cccc2c3c(oc12)=CC=CC1=CC=C(COCCN2CCOCC2)SC=31. The van der Waals surface area contributed by atoms with Crippen molar-refractivity contribution in [1.82, 2.24) is 4.90 Å². The molecule has 0 radical (unpaired) electrons. The van der Waals surface area contributed by atoms with Crippen molar-refractivity contribution >= 4 is 45.3 Å². The van der Waals surface area contributed by atoms with Gasteiger partial charge in [-0.3, -0.25) is 4.90 Å². The highest BCUT2D eigenvalue weighted by atomic mass is 35.5. The fraction of sp³-hybridized carbons (Fsp3) is 0.304. The molecule has 3 heterocycles. The second kappa shape index (κ2) is 8.54. The molecule has 1 saturated heterocycles. The molecule has 0 atom stereocenters. The van der Waals surface area contributed by atoms with Gasteiger partial charge >= 0.3 is 0 Å². The van der Waals surface area contributed by atoms with Crippen molar-refractivity contribution in [2.75, 3.05) is 46.1 Å². The molecule has 150 valence electrons. The Kier molecular flexibility index (Phi) is 5.66. The average molecular weight is 428 g/mol. The molecule has 29 heavy (non-hydrogen) atoms. The van der Waals surface area contributed by atoms with Gasteiger partial charge in [0, 0.05) is 40.0 Å². The quantitative estimate of drug-likeness (QED) is 0.683. The molecule has 2 aliphatic heterocycles. The smallest absolute Gasteiger partial charge is 0.154 e. The molecule has 1 aromatic heterocycles. The highest BCUT2D eigenvalue weighted by Crippen LogP contribution is 2.37. The van der Waals surface area contributed by atoms with Crippen molar-refractivity contribution in [1.29, 1.82) is 0 Å². The number of benzene rings is 1. The summed E-state index contributed by atoms with van der Waals surface area (Å²) in [7, 11) is 0. The number of fused-ring (bicyclic) bond motifs is 4. The van der Waals surface area contributed by atoms with Crippen LogP contribution in [0.1, 0.15) is 0 Å². The third-order valence-corrected chi connectivity index (χ3v) is 6.75. The molecule has 1 fully saturated rings. The molecule has 5 rings (SSSR count). The standard InChI is InChI=1S/C23H22ClNO3S/c24-19-5-2-4-18-21-20(28-22(18)19)6-1-3-16-7-8-17(29-23(16)21)15-27-14-11-25-9-12-26-13-10-25/h1-8H,9-15H2. The Morgan fingerprint density at radius 3 is 2.93 bits per heavy atom. The number of thioether (sulfide) groups is 1. The van der Waals surface area contributed by atoms with Gasteiger partial charge in [0.05, 0.1) is 31.5 Å². The number of hydrogen-bond acceptors (Lipinski definition) is 5. The van der Waals surface area contributed by atoms with E-state index in [1.54, 1.807) is 11.8 Å². The van der Waals surface area contributed by atoms with Crippen molar-refractivity contribution < 1.29 is 13.9 Å². The van der Waals surface area contributed by atoms with Gasteiger partial charge in [-0.05, 0) is 23.8 Å². The largest absolute Gasteiger partial charge is 0.454 e. The average Bonchev–Trinajstić information content (AvgIpc) is 3.03. The van der Waals surface area contributed by atoms with Gasteiger partial charge < -0.3 is 13.9 Å². The highest BCUT2D eigenvalue weighted by Gasteiger charge is 2.19. The first-order valence-corrected chi connectivity index (χ1v) is 11.1. The normalized spacial score (nSPS) is 19.3. The molecule has 3 aliphatic rings. The van der Waals surface area contributed by atoms with E-state index in [9.17, 15) is 0 Å². The lowest BCUT2D eigenvalue weighted by atomic mass is 10.1. The van der Waals surface area contributed by atoms with Crippen LogP contribution in [-0.4, -0.2) is 51.0 Å². The number of hydrogen-bond donors (Lipinski definition) is 0. The van der Waals surface area contributed by atoms with E-state index in [0.29, 0.717) is 11.6 Å². The van der Waals surface area contributed by atoms with Crippen molar-refractivity contribution in [2.24, 2.45) is 0 Å². The molecular formula is C23H22ClNO3S. The molecule has 4 nitrogen and oxygen atoms in total. The minimum atomic E-state index is 0.613. The van der Waals surface area contributed by atoms with E-state index in [-0.39, 0.29) is 0 Å². The van der Waals surface area contributed by atoms with Crippen molar-refractivity contribution in [2.45, 2.75) is 0 Å². The molecule has 0 N–H and O–H groups in total. The summed E-state index contributed by atoms with van der Waals surface area (Å²) in [5.41, 5.74) is 2.78. The third-order valence-electron chi connectivity index (χ3n) is 5.29. The second-order valence-electron chi connectivity index (χ2n) is 7.18. The topological polar surface area (TPSA) is 34.8 Å². The number of para-hydroxylation sites is 1. The van der Waals surface area contributed by atoms with Gasteiger partial charge in [0.1, 0.15) is 5.42 Å². The van der Waals surface area contributed by atoms with E-state index in [1.165, 1.54) is 15.4 Å². The van der Waals surface area contributed by atoms with E-state index in [1.807, 2.05) is 24.3 Å². The minimum Gasteiger partial charge on any atom is -0.454 e. The fourth-order valence-corrected chi connectivity index (χ4v) is 5.09. The summed E-state index contributed by atoms with van der Waals surface area (Å²) in [6.45, 7) is 5.92. The first kappa shape index (κ1) is 19.2. The predicted octanol–water partition coefficient (Wildman–Crippen LogP) is 3.45. The molecule has 6 heteroatoms. The van der Waals surface area contributed by atoms with Gasteiger partial charge in [-0.15, -0.1) is 0 Å². The Labute approximate surface area is 178 Å². The van der Waals surface area contributed by atoms with Gasteiger partial charge in [-0.2, -0.15) is 0 Å². The third kappa shape index (κ3) is 3.98. The maximum Gasteiger partial charge on any atom is 0.154 e. The predicted molar refractivity (Wildman–Crippen MR) is 119 cm³/mol. The van der Waals surface area contributed by atoms with E-state index >= 15 is 0 Å². The van der Waals surface area contributed by atoms with Crippen LogP contribution in [0.5, 0.6) is 0 Å². The molecule has 0 amide bonds. The number of furan rings is 1. The Hall–Kier alpha value is -1.76. The molecule has 1 aliphatic carbocycles. The Morgan fingerprint density at radius 1 is 1.14 bits per heavy atom. The van der Waals surface area contributed by atoms with Crippen LogP contribution in [-0.2, 0) is 9.47 Å². The van der Waals surface area contributed by atoms with E-state index in [0.717, 1.165) is 61.1 Å². The number of nitrogens with zero attached hydrogens (tertiary/aromatic N) is 1. The first-order valence-electron chi connectivity index (χ1n) is 9.86. The number of halogens is 1. The lowest BCUT2D eigenvalue weighted by Gasteiger charge is -2.26. The number of allylic oxidation sites excluding steroid dienone is 4. The van der Waals surface area contributed by atoms with Gasteiger partial charge in [0.15, 0.2) is 5.58 Å². The van der Waals surface area contributed by atoms with Crippen LogP contribution in [0.4, 0.5) is 0 Å². The Balaban J connectivity index is 1.37. The Bertz CT molecular complexity index is 1140. The van der Waals surface area contributed by atoms with Crippen LogP contribution in [0.15, 0.2) is 57.4 Å². The summed E-state index contributed by atoms with van der Waals surface area (Å²) in [5, 5.41) is 2.81. The van der Waals surface area contributed by atoms with Crippen molar-refractivity contribution in [3.8, 4) is 0 Å². The molecule has 0 saturated carbocycles. The molecule has 2 aromatic rings. The van der Waals surface area contributed by atoms with Crippen molar-refractivity contribution in [3.63, 3.8) is 0 Å². The van der Waals surface area contributed by atoms with Crippen molar-refractivity contribution in [3.05, 3.63) is 68.6 Å². The van der Waals surface area contributed by atoms with Crippen LogP contribution in [0.25, 0.3) is 22.0 Å². The molecule has 0 unspecified atom stereocenters. The zero-order valence-corrected chi connectivity index (χ0v) is 17.6. The maximum absolute atomic E-state index is 6.37. The van der Waals surface area contributed by atoms with Gasteiger partial charge in [-0.25, -0.2) is 0 Å². The molecule has 0 bridgehead atoms. The summed E-state index contributed by atoms with van der Waals surface area (Å²) in [4.78, 5) is 4.78. The van der Waals surface area contributed by atoms with Crippen LogP contribution in [0, 0.1) is 0 Å². The fourth-order valence-electron chi connectivity index (χ4n) is 3.77. The highest BCUT2D eigenvalue weighted by molar-refractivity contribution is 8.11. The Morgan fingerprint density at radius 2 is 2.03 bits per heavy atom. The summed E-state index contributed by atoms with van der Waals surface area (Å²) < 4.78 is 17.5. The minimum absolute atomic E-state index is 0.613. The lowest BCUT2D eigenvalue weighted by molar-refractivity contribution is 0.0232. The van der Waals surface area contributed by atoms with Crippen LogP contribution in [0.3, 0.4) is 0 Å². The van der Waals surface area contributed by atoms with Gasteiger partial charge in [0.2, 0.25) is 0 Å². The monoisotopic (exact) mass is 427 g/mol. The summed E-state index contributed by atoms with van der Waals surface area (Å²) in [6.07, 6.45) is 10.5. The van der Waals surface area contributed by atoms with Gasteiger partial charge in [-0.1, -0.05) is 53.7 Å². The summed E-state index contributed by atoms with van der Waals surface area (Å²) in [5.74, 6) is 0. The zero-order chi connectivity index (χ0) is 19.6. The van der Waals surface area contributed by atoms with Crippen LogP contribution < -0.4 is 10.6 Å². The first-order chi connectivity index (χ1) is 14.3. The maximum atomic E-state index is 6.37. The zero-order valence-electron chi connectivity index (χ0n) is 16.0. The van der Waals surface area contributed by atoms with E-state index < -0.39 is 0 Å². The molecule has 1 aromatic carbocycles. The van der Waals surface area contributed by atoms with Crippen LogP contribution >= 0.6 is 23.4 Å². The van der Waals surface area contributed by atoms with E-state index in [4.69, 9.17) is 25.5 Å². The lowest BCUT2D eigenvalue weighted by Crippen LogP contribution is -2.38. The van der Waals surface area contributed by atoms with Crippen LogP contribution in [0.2, 0.25) is 5.02 Å². The van der Waals surface area contributed by atoms with E-state index in [2.05, 4.69) is 29.2 Å². The molecular weight excluding hydrogens is 406 g/mol. The summed E-state index contributed by atoms with van der Waals surface area (Å²) >= 11 is 8.13. The van der Waals surface area contributed by atoms with Gasteiger partial charge in [0.25, 0.3) is 0 Å². The number of rotatable bonds is 5. The summed E-state index contributed by atoms with van der Waals surface area (Å²) in [6, 6.07) is 5.91. The molecule has 0 spiro atoms.